The molecule has 0 radical (unpaired) electrons. The lowest BCUT2D eigenvalue weighted by atomic mass is 9.59. The predicted molar refractivity (Wildman–Crippen MR) is 441 cm³/mol. The second-order valence-electron chi connectivity index (χ2n) is 31.0. The van der Waals surface area contributed by atoms with Gasteiger partial charge >= 0.3 is 0 Å². The molecular weight excluding hydrogens is 1550 g/mol. The average Bonchev–Trinajstić information content (AvgIpc) is 1.75. The summed E-state index contributed by atoms with van der Waals surface area (Å²) in [7, 11) is -7.55. The molecule has 0 bridgehead atoms. The van der Waals surface area contributed by atoms with E-state index < -0.39 is 57.2 Å². The number of sulfonamides is 2. The molecule has 4 aliphatic carbocycles. The largest absolute Gasteiger partial charge is 0.455 e. The Morgan fingerprint density at radius 1 is 0.557 bits per heavy atom. The van der Waals surface area contributed by atoms with E-state index in [-0.39, 0.29) is 51.3 Å². The van der Waals surface area contributed by atoms with Crippen molar-refractivity contribution < 1.29 is 45.7 Å². The van der Waals surface area contributed by atoms with E-state index in [2.05, 4.69) is 83.3 Å². The Bertz CT molecular complexity index is 6060. The average molecular weight is 1630 g/mol. The molecule has 0 unspecified atom stereocenters. The van der Waals surface area contributed by atoms with Crippen LogP contribution in [0.25, 0.3) is 44.1 Å². The van der Waals surface area contributed by atoms with Crippen LogP contribution in [-0.2, 0) is 33.5 Å². The smallest absolute Gasteiger partial charge is 0.298 e. The van der Waals surface area contributed by atoms with Crippen molar-refractivity contribution in [2.75, 3.05) is 75.2 Å². The molecule has 11 aromatic rings. The summed E-state index contributed by atoms with van der Waals surface area (Å²) in [5, 5.41) is 31.0. The molecular formula is C84H81Cl2N15O12S2. The molecule has 2 saturated heterocycles. The van der Waals surface area contributed by atoms with Gasteiger partial charge in [-0.15, -0.1) is 0 Å². The Labute approximate surface area is 672 Å². The molecule has 2 amide bonds. The monoisotopic (exact) mass is 1630 g/mol. The summed E-state index contributed by atoms with van der Waals surface area (Å²) in [6.45, 7) is 8.12. The van der Waals surface area contributed by atoms with Gasteiger partial charge in [-0.2, -0.15) is 5.10 Å². The number of anilines is 2. The normalized spacial score (nSPS) is 17.5. The Balaban J connectivity index is 0.000000166. The number of carbonyl (C=O) groups excluding carboxylic acids is 2. The van der Waals surface area contributed by atoms with Crippen LogP contribution < -0.4 is 28.7 Å². The van der Waals surface area contributed by atoms with Crippen LogP contribution in [0.5, 0.6) is 23.0 Å². The second kappa shape index (κ2) is 31.1. The SMILES string of the molecule is Cn1cc2cc(S(=O)(=O)NC(=O)c3ccc(N4CCN(CC5=C(c6ccc(Cl)cc6)CC6(CCC6)CC5)CC4)cc3Oc3cnc4[nH]ccc4c3)cc([N+](=O)[O-])c2n1.O=C(NS(=O)(=O)c1cc2c(c([N+](=O)[O-])c1)CC=N2)c1ccc(N2CCN(CC3=C(c4ccc(Cl)cc4)CC4(CCC4)CC3)CC2)cc1Oc1cnc2[nH]ccc2c1. The Morgan fingerprint density at radius 3 is 1.47 bits per heavy atom. The number of nitro benzene ring substituents is 2. The van der Waals surface area contributed by atoms with E-state index in [0.717, 1.165) is 135 Å². The summed E-state index contributed by atoms with van der Waals surface area (Å²) >= 11 is 12.5. The number of hydrogen-bond donors (Lipinski definition) is 4. The minimum atomic E-state index is -4.57. The first-order chi connectivity index (χ1) is 55.4. The molecule has 8 heterocycles. The van der Waals surface area contributed by atoms with Gasteiger partial charge in [0.2, 0.25) is 0 Å². The number of halogens is 2. The van der Waals surface area contributed by atoms with Crippen molar-refractivity contribution in [1.29, 1.82) is 0 Å². The Kier molecular flexibility index (Phi) is 20.6. The number of ether oxygens (including phenoxy) is 2. The molecule has 2 saturated carbocycles. The maximum Gasteiger partial charge on any atom is 0.298 e. The highest BCUT2D eigenvalue weighted by molar-refractivity contribution is 7.90. The molecule has 18 rings (SSSR count). The number of carbonyl (C=O) groups is 2. The predicted octanol–water partition coefficient (Wildman–Crippen LogP) is 16.1. The van der Waals surface area contributed by atoms with Gasteiger partial charge in [0.25, 0.3) is 43.2 Å². The number of pyridine rings is 2. The zero-order valence-electron chi connectivity index (χ0n) is 62.8. The molecule has 590 valence electrons. The number of nitrogens with zero attached hydrogens (tertiary/aromatic N) is 11. The van der Waals surface area contributed by atoms with E-state index in [0.29, 0.717) is 39.2 Å². The number of piperazine rings is 2. The highest BCUT2D eigenvalue weighted by Gasteiger charge is 2.43. The quantitative estimate of drug-likeness (QED) is 0.0407. The molecule has 31 heteroatoms. The number of allylic oxidation sites excluding steroid dienone is 2. The van der Waals surface area contributed by atoms with E-state index >= 15 is 0 Å². The fourth-order valence-corrected chi connectivity index (χ4v) is 19.6. The van der Waals surface area contributed by atoms with Gasteiger partial charge in [0.15, 0.2) is 5.52 Å². The maximum atomic E-state index is 13.9. The van der Waals surface area contributed by atoms with Crippen LogP contribution in [-0.4, -0.2) is 150 Å². The van der Waals surface area contributed by atoms with Gasteiger partial charge in [-0.3, -0.25) is 49.3 Å². The number of rotatable bonds is 20. The molecule has 3 aliphatic heterocycles. The third-order valence-electron chi connectivity index (χ3n) is 23.9. The lowest BCUT2D eigenvalue weighted by Gasteiger charge is -2.47. The van der Waals surface area contributed by atoms with Crippen LogP contribution in [0, 0.1) is 31.1 Å². The number of non-ortho nitro benzene ring substituents is 1. The molecule has 5 aromatic heterocycles. The zero-order valence-corrected chi connectivity index (χ0v) is 66.0. The van der Waals surface area contributed by atoms with Crippen molar-refractivity contribution in [2.24, 2.45) is 22.9 Å². The van der Waals surface area contributed by atoms with Gasteiger partial charge < -0.3 is 29.2 Å². The number of hydrogen-bond acceptors (Lipinski definition) is 20. The van der Waals surface area contributed by atoms with E-state index in [9.17, 15) is 46.7 Å². The van der Waals surface area contributed by atoms with Crippen molar-refractivity contribution in [2.45, 2.75) is 93.3 Å². The van der Waals surface area contributed by atoms with Crippen molar-refractivity contribution in [1.82, 2.24) is 49.0 Å². The molecule has 0 atom stereocenters. The Morgan fingerprint density at radius 2 is 1.02 bits per heavy atom. The van der Waals surface area contributed by atoms with Gasteiger partial charge in [0.1, 0.15) is 34.3 Å². The van der Waals surface area contributed by atoms with Crippen molar-refractivity contribution in [3.05, 3.63) is 234 Å². The van der Waals surface area contributed by atoms with E-state index in [1.807, 2.05) is 36.4 Å². The molecule has 2 spiro atoms. The van der Waals surface area contributed by atoms with E-state index in [4.69, 9.17) is 32.7 Å². The number of aliphatic imine (C=N–C) groups is 1. The number of aromatic amines is 2. The summed E-state index contributed by atoms with van der Waals surface area (Å²) in [5.74, 6) is -0.947. The fraction of sp³-hybridized carbons (Fsp3) is 0.310. The number of nitro groups is 2. The molecule has 4 fully saturated rings. The van der Waals surface area contributed by atoms with Gasteiger partial charge in [-0.05, 0) is 182 Å². The van der Waals surface area contributed by atoms with Gasteiger partial charge in [-0.1, -0.05) is 71.5 Å². The van der Waals surface area contributed by atoms with Crippen LogP contribution in [0.2, 0.25) is 10.0 Å². The van der Waals surface area contributed by atoms with Gasteiger partial charge in [0.05, 0.1) is 54.4 Å². The summed E-state index contributed by atoms with van der Waals surface area (Å²) in [5.41, 5.74) is 12.0. The number of H-pyrrole nitrogens is 2. The standard InChI is InChI=1S/C42H41ClN8O6S.C42H40ClN7O6S/c1-48-25-30-20-34(22-37(51(53)54)39(30)46-48)58(55,56)47-41(52)35-8-7-32(21-38(35)57-33-19-28-10-14-44-40(28)45-24-33)50-17-15-49(16-18-50)26-29-9-13-42(11-2-12-42)23-36(29)27-3-5-31(43)6-4-27;43-30-4-2-27(3-5-30)36-24-42(11-1-12-42)13-8-29(36)26-48-16-18-49(19-17-48)31-6-7-35(39(21-31)56-32-20-28-9-14-45-40(28)46-25-32)41(51)47-57(54,55)33-22-37-34(10-15-44-37)38(23-33)50(52)53/h3-8,10,14,19-22,24-25H,2,9,11-13,15-18,23,26H2,1H3,(H,44,45)(H,47,52);2-7,9,14-15,20-23,25H,1,8,10-13,16-19,24,26H2,(H,45,46)(H,47,51). The number of aromatic nitrogens is 6. The topological polar surface area (TPSA) is 332 Å². The van der Waals surface area contributed by atoms with Gasteiger partial charge in [-0.25, -0.2) is 36.2 Å². The van der Waals surface area contributed by atoms with Crippen molar-refractivity contribution >= 4 is 134 Å². The summed E-state index contributed by atoms with van der Waals surface area (Å²) in [6.07, 6.45) is 24.6. The summed E-state index contributed by atoms with van der Waals surface area (Å²) < 4.78 is 72.5. The second-order valence-corrected chi connectivity index (χ2v) is 35.3. The van der Waals surface area contributed by atoms with Crippen molar-refractivity contribution in [3.63, 3.8) is 0 Å². The molecule has 27 nitrogen and oxygen atoms in total. The third kappa shape index (κ3) is 16.0. The lowest BCUT2D eigenvalue weighted by Crippen LogP contribution is -2.47. The van der Waals surface area contributed by atoms with Crippen LogP contribution in [0.1, 0.15) is 114 Å². The minimum absolute atomic E-state index is 0.0352. The first-order valence-corrected chi connectivity index (χ1v) is 42.2. The highest BCUT2D eigenvalue weighted by atomic mass is 35.5. The number of nitrogens with one attached hydrogen (secondary N) is 4. The first-order valence-electron chi connectivity index (χ1n) is 38.4. The fourth-order valence-electron chi connectivity index (χ4n) is 17.3. The highest BCUT2D eigenvalue weighted by Crippen LogP contribution is 2.57. The van der Waals surface area contributed by atoms with Crippen molar-refractivity contribution in [3.8, 4) is 23.0 Å². The first kappa shape index (κ1) is 76.3. The summed E-state index contributed by atoms with van der Waals surface area (Å²) in [4.78, 5) is 77.6. The van der Waals surface area contributed by atoms with Crippen LogP contribution >= 0.6 is 23.2 Å². The van der Waals surface area contributed by atoms with E-state index in [1.54, 1.807) is 68.0 Å². The minimum Gasteiger partial charge on any atom is -0.455 e. The van der Waals surface area contributed by atoms with E-state index in [1.165, 1.54) is 126 Å². The third-order valence-corrected chi connectivity index (χ3v) is 27.0. The van der Waals surface area contributed by atoms with Crippen LogP contribution in [0.4, 0.5) is 28.4 Å². The van der Waals surface area contributed by atoms with Gasteiger partial charge in [0, 0.05) is 166 Å². The molecule has 7 aliphatic rings. The molecule has 4 N–H and O–H groups in total. The maximum absolute atomic E-state index is 13.9. The number of benzene rings is 6. The van der Waals surface area contributed by atoms with Crippen LogP contribution in [0.3, 0.4) is 0 Å². The number of aryl methyl sites for hydroxylation is 1. The van der Waals surface area contributed by atoms with Crippen LogP contribution in [0.15, 0.2) is 190 Å². The molecule has 115 heavy (non-hydrogen) atoms. The summed E-state index contributed by atoms with van der Waals surface area (Å²) in [6, 6.07) is 38.3. The zero-order chi connectivity index (χ0) is 79.5. The Hall–Kier alpha value is -11.3. The number of fused-ring (bicyclic) bond motifs is 4. The number of amides is 2. The lowest BCUT2D eigenvalue weighted by molar-refractivity contribution is -0.385. The molecule has 6 aromatic carbocycles.